The molecule has 0 bridgehead atoms. The van der Waals surface area contributed by atoms with Gasteiger partial charge in [-0.1, -0.05) is 25.4 Å². The fourth-order valence-electron chi connectivity index (χ4n) is 2.63. The second-order valence-electron chi connectivity index (χ2n) is 6.14. The summed E-state index contributed by atoms with van der Waals surface area (Å²) in [6, 6.07) is 0.676. The molecule has 1 aromatic rings. The Morgan fingerprint density at radius 2 is 1.94 bits per heavy atom. The molecule has 2 rings (SSSR count). The summed E-state index contributed by atoms with van der Waals surface area (Å²) in [6.07, 6.45) is 8.58. The standard InChI is InChI=1S/C14H22ClN3/c1-14(2)6-4-12(5-7-14)18(3)10-11-8-17-13(15)9-16-11/h8-9,12H,4-7,10H2,1-3H3. The van der Waals surface area contributed by atoms with E-state index in [0.717, 1.165) is 12.2 Å². The van der Waals surface area contributed by atoms with Crippen LogP contribution in [0.2, 0.25) is 5.15 Å². The van der Waals surface area contributed by atoms with Crippen molar-refractivity contribution in [1.29, 1.82) is 0 Å². The number of hydrogen-bond acceptors (Lipinski definition) is 3. The number of aromatic nitrogens is 2. The zero-order chi connectivity index (χ0) is 13.2. The lowest BCUT2D eigenvalue weighted by Crippen LogP contribution is -2.36. The first kappa shape index (κ1) is 13.8. The quantitative estimate of drug-likeness (QED) is 0.839. The van der Waals surface area contributed by atoms with Crippen LogP contribution in [0.15, 0.2) is 12.4 Å². The van der Waals surface area contributed by atoms with Crippen LogP contribution in [0.5, 0.6) is 0 Å². The van der Waals surface area contributed by atoms with Crippen molar-refractivity contribution in [3.05, 3.63) is 23.2 Å². The van der Waals surface area contributed by atoms with Crippen molar-refractivity contribution in [2.24, 2.45) is 5.41 Å². The summed E-state index contributed by atoms with van der Waals surface area (Å²) in [5, 5.41) is 0.459. The lowest BCUT2D eigenvalue weighted by molar-refractivity contribution is 0.122. The molecule has 1 heterocycles. The van der Waals surface area contributed by atoms with Crippen molar-refractivity contribution >= 4 is 11.6 Å². The van der Waals surface area contributed by atoms with Gasteiger partial charge in [0.1, 0.15) is 5.15 Å². The molecule has 1 aromatic heterocycles. The van der Waals surface area contributed by atoms with E-state index in [0.29, 0.717) is 16.6 Å². The van der Waals surface area contributed by atoms with Gasteiger partial charge in [-0.2, -0.15) is 0 Å². The maximum absolute atomic E-state index is 5.74. The molecule has 1 aliphatic carbocycles. The van der Waals surface area contributed by atoms with Crippen molar-refractivity contribution < 1.29 is 0 Å². The van der Waals surface area contributed by atoms with E-state index in [1.165, 1.54) is 25.7 Å². The zero-order valence-electron chi connectivity index (χ0n) is 11.5. The molecule has 1 saturated carbocycles. The highest BCUT2D eigenvalue weighted by atomic mass is 35.5. The molecule has 18 heavy (non-hydrogen) atoms. The van der Waals surface area contributed by atoms with Gasteiger partial charge in [-0.15, -0.1) is 0 Å². The molecule has 0 unspecified atom stereocenters. The molecule has 100 valence electrons. The van der Waals surface area contributed by atoms with Gasteiger partial charge in [-0.3, -0.25) is 9.88 Å². The summed E-state index contributed by atoms with van der Waals surface area (Å²) in [4.78, 5) is 10.8. The average molecular weight is 268 g/mol. The maximum atomic E-state index is 5.74. The van der Waals surface area contributed by atoms with Crippen LogP contribution < -0.4 is 0 Å². The van der Waals surface area contributed by atoms with Gasteiger partial charge < -0.3 is 0 Å². The first-order chi connectivity index (χ1) is 8.46. The lowest BCUT2D eigenvalue weighted by Gasteiger charge is -2.38. The first-order valence-electron chi connectivity index (χ1n) is 6.63. The van der Waals surface area contributed by atoms with Crippen LogP contribution in [0.1, 0.15) is 45.2 Å². The summed E-state index contributed by atoms with van der Waals surface area (Å²) < 4.78 is 0. The summed E-state index contributed by atoms with van der Waals surface area (Å²) in [5.74, 6) is 0. The highest BCUT2D eigenvalue weighted by Crippen LogP contribution is 2.36. The van der Waals surface area contributed by atoms with Crippen LogP contribution in [0.25, 0.3) is 0 Å². The Labute approximate surface area is 115 Å². The van der Waals surface area contributed by atoms with Crippen LogP contribution in [0.4, 0.5) is 0 Å². The molecule has 1 fully saturated rings. The second kappa shape index (κ2) is 5.54. The smallest absolute Gasteiger partial charge is 0.147 e. The Hall–Kier alpha value is -0.670. The van der Waals surface area contributed by atoms with Crippen LogP contribution in [-0.2, 0) is 6.54 Å². The maximum Gasteiger partial charge on any atom is 0.147 e. The van der Waals surface area contributed by atoms with Gasteiger partial charge in [0.2, 0.25) is 0 Å². The number of rotatable bonds is 3. The third kappa shape index (κ3) is 3.66. The van der Waals surface area contributed by atoms with Gasteiger partial charge in [-0.05, 0) is 38.1 Å². The molecule has 3 nitrogen and oxygen atoms in total. The topological polar surface area (TPSA) is 29.0 Å². The van der Waals surface area contributed by atoms with Crippen molar-refractivity contribution in [2.75, 3.05) is 7.05 Å². The Morgan fingerprint density at radius 1 is 1.28 bits per heavy atom. The Bertz CT molecular complexity index is 379. The second-order valence-corrected chi connectivity index (χ2v) is 6.53. The van der Waals surface area contributed by atoms with Crippen molar-refractivity contribution in [3.63, 3.8) is 0 Å². The molecule has 1 aliphatic rings. The number of nitrogens with zero attached hydrogens (tertiary/aromatic N) is 3. The monoisotopic (exact) mass is 267 g/mol. The van der Waals surface area contributed by atoms with Gasteiger partial charge in [0.05, 0.1) is 18.1 Å². The zero-order valence-corrected chi connectivity index (χ0v) is 12.2. The van der Waals surface area contributed by atoms with E-state index in [1.54, 1.807) is 12.4 Å². The highest BCUT2D eigenvalue weighted by molar-refractivity contribution is 6.29. The molecule has 4 heteroatoms. The predicted octanol–water partition coefficient (Wildman–Crippen LogP) is 3.53. The number of hydrogen-bond donors (Lipinski definition) is 0. The number of halogens is 1. The fraction of sp³-hybridized carbons (Fsp3) is 0.714. The van der Waals surface area contributed by atoms with Gasteiger partial charge in [-0.25, -0.2) is 4.98 Å². The summed E-state index contributed by atoms with van der Waals surface area (Å²) in [5.41, 5.74) is 1.52. The van der Waals surface area contributed by atoms with Gasteiger partial charge in [0.15, 0.2) is 0 Å². The van der Waals surface area contributed by atoms with Crippen LogP contribution in [-0.4, -0.2) is 28.0 Å². The first-order valence-corrected chi connectivity index (χ1v) is 7.01. The van der Waals surface area contributed by atoms with E-state index in [4.69, 9.17) is 11.6 Å². The van der Waals surface area contributed by atoms with Crippen LogP contribution in [0.3, 0.4) is 0 Å². The minimum Gasteiger partial charge on any atom is -0.298 e. The summed E-state index contributed by atoms with van der Waals surface area (Å²) >= 11 is 5.74. The SMILES string of the molecule is CN(Cc1cnc(Cl)cn1)C1CCC(C)(C)CC1. The van der Waals surface area contributed by atoms with Crippen LogP contribution in [0, 0.1) is 5.41 Å². The van der Waals surface area contributed by atoms with E-state index >= 15 is 0 Å². The molecule has 0 saturated heterocycles. The Balaban J connectivity index is 1.89. The van der Waals surface area contributed by atoms with E-state index in [9.17, 15) is 0 Å². The van der Waals surface area contributed by atoms with Crippen molar-refractivity contribution in [2.45, 2.75) is 52.1 Å². The molecule has 0 aliphatic heterocycles. The van der Waals surface area contributed by atoms with Crippen LogP contribution >= 0.6 is 11.6 Å². The molecule has 0 atom stereocenters. The van der Waals surface area contributed by atoms with E-state index in [2.05, 4.69) is 35.8 Å². The van der Waals surface area contributed by atoms with Gasteiger partial charge >= 0.3 is 0 Å². The summed E-state index contributed by atoms with van der Waals surface area (Å²) in [6.45, 7) is 5.59. The third-order valence-corrected chi connectivity index (χ3v) is 4.21. The fourth-order valence-corrected chi connectivity index (χ4v) is 2.73. The van der Waals surface area contributed by atoms with Crippen molar-refractivity contribution in [3.8, 4) is 0 Å². The van der Waals surface area contributed by atoms with Gasteiger partial charge in [0, 0.05) is 12.6 Å². The molecule has 0 radical (unpaired) electrons. The Kier molecular flexibility index (Phi) is 4.23. The van der Waals surface area contributed by atoms with E-state index < -0.39 is 0 Å². The average Bonchev–Trinajstić information content (AvgIpc) is 2.32. The Morgan fingerprint density at radius 3 is 2.50 bits per heavy atom. The lowest BCUT2D eigenvalue weighted by atomic mass is 9.75. The normalized spacial score (nSPS) is 20.3. The largest absolute Gasteiger partial charge is 0.298 e. The molecule has 0 amide bonds. The van der Waals surface area contributed by atoms with Gasteiger partial charge in [0.25, 0.3) is 0 Å². The molecule has 0 spiro atoms. The molecule has 0 aromatic carbocycles. The minimum atomic E-state index is 0.459. The summed E-state index contributed by atoms with van der Waals surface area (Å²) in [7, 11) is 2.18. The minimum absolute atomic E-state index is 0.459. The predicted molar refractivity (Wildman–Crippen MR) is 74.5 cm³/mol. The third-order valence-electron chi connectivity index (χ3n) is 4.02. The highest BCUT2D eigenvalue weighted by Gasteiger charge is 2.28. The van der Waals surface area contributed by atoms with E-state index in [1.807, 2.05) is 0 Å². The molecular formula is C14H22ClN3. The van der Waals surface area contributed by atoms with E-state index in [-0.39, 0.29) is 0 Å². The molecule has 0 N–H and O–H groups in total. The molecular weight excluding hydrogens is 246 g/mol. The van der Waals surface area contributed by atoms with Crippen molar-refractivity contribution in [1.82, 2.24) is 14.9 Å².